The van der Waals surface area contributed by atoms with Crippen LogP contribution < -0.4 is 34.7 Å². The molecule has 0 aromatic carbocycles. The molecule has 52 valence electrons. The molecular weight excluding hydrogens is 246 g/mol. The van der Waals surface area contributed by atoms with Gasteiger partial charge < -0.3 is 0 Å². The minimum Gasteiger partial charge on any atom is 1.00 e. The van der Waals surface area contributed by atoms with Crippen molar-refractivity contribution in [3.05, 3.63) is 0 Å². The molecular formula is C6H11NaO2Sn. The predicted molar refractivity (Wildman–Crippen MR) is 35.3 cm³/mol. The maximum Gasteiger partial charge on any atom is 1.00 e. The van der Waals surface area contributed by atoms with Crippen LogP contribution in [-0.2, 0) is 4.79 Å². The average Bonchev–Trinajstić information content (AvgIpc) is 1.83. The standard InChI is InChI=1S/C4H9.C2H3O2.Na.Sn/c1-3-4-2;1-2(3)4;;/h3H,4H2,1-2H3;1H2,(H,3,4);;/q;;+1;/p-1. The Morgan fingerprint density at radius 2 is 2.20 bits per heavy atom. The zero-order chi connectivity index (χ0) is 7.28. The molecule has 0 bridgehead atoms. The summed E-state index contributed by atoms with van der Waals surface area (Å²) in [5, 5.41) is 9.95. The van der Waals surface area contributed by atoms with Gasteiger partial charge in [-0.25, -0.2) is 0 Å². The SMILES string of the molecule is CC[CH](C)[Sn][CH2]C(=O)[O-].[Na+]. The van der Waals surface area contributed by atoms with Crippen molar-refractivity contribution >= 4 is 27.1 Å². The molecule has 0 aliphatic rings. The van der Waals surface area contributed by atoms with Crippen molar-refractivity contribution in [3.63, 3.8) is 0 Å². The topological polar surface area (TPSA) is 40.1 Å². The minimum atomic E-state index is -0.859. The summed E-state index contributed by atoms with van der Waals surface area (Å²) in [5.41, 5.74) is 0. The zero-order valence-electron chi connectivity index (χ0n) is 6.81. The third-order valence-corrected chi connectivity index (χ3v) is 5.77. The van der Waals surface area contributed by atoms with Crippen molar-refractivity contribution in [1.82, 2.24) is 0 Å². The maximum absolute atomic E-state index is 9.95. The Bertz CT molecular complexity index is 97.7. The van der Waals surface area contributed by atoms with Gasteiger partial charge in [0, 0.05) is 0 Å². The number of carboxylic acids is 1. The first-order valence-corrected chi connectivity index (χ1v) is 6.76. The summed E-state index contributed by atoms with van der Waals surface area (Å²) in [6, 6.07) is 0. The van der Waals surface area contributed by atoms with Gasteiger partial charge in [-0.3, -0.25) is 0 Å². The molecule has 0 amide bonds. The van der Waals surface area contributed by atoms with Gasteiger partial charge in [-0.2, -0.15) is 0 Å². The zero-order valence-corrected chi connectivity index (χ0v) is 11.7. The Hall–Kier alpha value is 1.27. The fourth-order valence-corrected chi connectivity index (χ4v) is 2.70. The monoisotopic (exact) mass is 258 g/mol. The van der Waals surface area contributed by atoms with Gasteiger partial charge in [0.1, 0.15) is 0 Å². The summed E-state index contributed by atoms with van der Waals surface area (Å²) in [7, 11) is 0. The largest absolute Gasteiger partial charge is 1.00 e. The molecule has 0 aliphatic carbocycles. The number of aliphatic carboxylic acids is 1. The van der Waals surface area contributed by atoms with Gasteiger partial charge in [0.15, 0.2) is 0 Å². The first kappa shape index (κ1) is 13.8. The normalized spacial score (nSPS) is 11.8. The molecule has 0 saturated heterocycles. The summed E-state index contributed by atoms with van der Waals surface area (Å²) >= 11 is -0.625. The molecule has 1 atom stereocenters. The fraction of sp³-hybridized carbons (Fsp3) is 0.833. The number of hydrogen-bond donors (Lipinski definition) is 0. The average molecular weight is 257 g/mol. The van der Waals surface area contributed by atoms with Gasteiger partial charge in [-0.1, -0.05) is 0 Å². The number of carbonyl (C=O) groups excluding carboxylic acids is 1. The van der Waals surface area contributed by atoms with Gasteiger partial charge >= 0.3 is 95.2 Å². The molecule has 2 nitrogen and oxygen atoms in total. The van der Waals surface area contributed by atoms with E-state index in [9.17, 15) is 9.90 Å². The van der Waals surface area contributed by atoms with Crippen LogP contribution in [0, 0.1) is 0 Å². The van der Waals surface area contributed by atoms with E-state index in [0.29, 0.717) is 8.37 Å². The van der Waals surface area contributed by atoms with E-state index in [0.717, 1.165) is 6.42 Å². The predicted octanol–water partition coefficient (Wildman–Crippen LogP) is -2.92. The first-order valence-electron chi connectivity index (χ1n) is 3.10. The molecule has 0 N–H and O–H groups in total. The number of carboxylic acid groups (broad SMARTS) is 1. The van der Waals surface area contributed by atoms with E-state index in [-0.39, 0.29) is 29.6 Å². The van der Waals surface area contributed by atoms with Crippen molar-refractivity contribution < 1.29 is 39.5 Å². The van der Waals surface area contributed by atoms with Crippen LogP contribution in [0.5, 0.6) is 0 Å². The van der Waals surface area contributed by atoms with E-state index < -0.39 is 27.1 Å². The van der Waals surface area contributed by atoms with Crippen LogP contribution in [0.3, 0.4) is 0 Å². The third kappa shape index (κ3) is 9.27. The molecule has 0 heterocycles. The van der Waals surface area contributed by atoms with Crippen molar-refractivity contribution in [1.29, 1.82) is 0 Å². The van der Waals surface area contributed by atoms with E-state index in [2.05, 4.69) is 13.8 Å². The van der Waals surface area contributed by atoms with Crippen LogP contribution in [0.15, 0.2) is 0 Å². The molecule has 1 unspecified atom stereocenters. The summed E-state index contributed by atoms with van der Waals surface area (Å²) in [6.45, 7) is 4.22. The van der Waals surface area contributed by atoms with E-state index in [1.165, 1.54) is 0 Å². The van der Waals surface area contributed by atoms with Gasteiger partial charge in [0.25, 0.3) is 0 Å². The molecule has 0 spiro atoms. The van der Waals surface area contributed by atoms with Crippen LogP contribution in [0.25, 0.3) is 0 Å². The molecule has 0 aromatic rings. The Morgan fingerprint density at radius 3 is 2.50 bits per heavy atom. The first-order chi connectivity index (χ1) is 4.16. The van der Waals surface area contributed by atoms with Crippen LogP contribution in [0.1, 0.15) is 20.3 Å². The summed E-state index contributed by atoms with van der Waals surface area (Å²) in [4.78, 5) is 9.95. The van der Waals surface area contributed by atoms with Crippen molar-refractivity contribution in [2.45, 2.75) is 28.6 Å². The van der Waals surface area contributed by atoms with Crippen molar-refractivity contribution in [3.8, 4) is 0 Å². The van der Waals surface area contributed by atoms with Crippen LogP contribution in [-0.4, -0.2) is 27.1 Å². The molecule has 4 heteroatoms. The molecule has 0 rings (SSSR count). The van der Waals surface area contributed by atoms with E-state index in [1.807, 2.05) is 0 Å². The van der Waals surface area contributed by atoms with E-state index >= 15 is 0 Å². The molecule has 0 fully saturated rings. The Balaban J connectivity index is 0. The van der Waals surface area contributed by atoms with E-state index in [1.54, 1.807) is 0 Å². The molecule has 2 radical (unpaired) electrons. The second kappa shape index (κ2) is 8.37. The van der Waals surface area contributed by atoms with Gasteiger partial charge in [0.05, 0.1) is 0 Å². The minimum absolute atomic E-state index is 0. The van der Waals surface area contributed by atoms with Crippen molar-refractivity contribution in [2.24, 2.45) is 0 Å². The van der Waals surface area contributed by atoms with Crippen LogP contribution in [0.2, 0.25) is 8.37 Å². The Labute approximate surface area is 94.3 Å². The number of rotatable bonds is 4. The molecule has 0 saturated carbocycles. The quantitative estimate of drug-likeness (QED) is 0.506. The smallest absolute Gasteiger partial charge is 1.00 e. The van der Waals surface area contributed by atoms with Crippen LogP contribution >= 0.6 is 0 Å². The number of hydrogen-bond acceptors (Lipinski definition) is 2. The van der Waals surface area contributed by atoms with Gasteiger partial charge in [0.2, 0.25) is 0 Å². The van der Waals surface area contributed by atoms with Gasteiger partial charge in [-0.05, 0) is 0 Å². The second-order valence-corrected chi connectivity index (χ2v) is 7.05. The summed E-state index contributed by atoms with van der Waals surface area (Å²) < 4.78 is 1.06. The fourth-order valence-electron chi connectivity index (χ4n) is 0.402. The summed E-state index contributed by atoms with van der Waals surface area (Å²) in [5.74, 6) is -0.859. The molecule has 0 aliphatic heterocycles. The molecule has 0 aromatic heterocycles. The van der Waals surface area contributed by atoms with Crippen molar-refractivity contribution in [2.75, 3.05) is 0 Å². The Morgan fingerprint density at radius 1 is 1.70 bits per heavy atom. The van der Waals surface area contributed by atoms with E-state index in [4.69, 9.17) is 0 Å². The van der Waals surface area contributed by atoms with Crippen LogP contribution in [0.4, 0.5) is 0 Å². The van der Waals surface area contributed by atoms with Gasteiger partial charge in [-0.15, -0.1) is 0 Å². The summed E-state index contributed by atoms with van der Waals surface area (Å²) in [6.07, 6.45) is 1.12. The maximum atomic E-state index is 9.95. The second-order valence-electron chi connectivity index (χ2n) is 2.06. The third-order valence-electron chi connectivity index (χ3n) is 1.21. The molecule has 10 heavy (non-hydrogen) atoms. The number of carbonyl (C=O) groups is 1. The Kier molecular flexibility index (Phi) is 11.6.